The first-order valence-corrected chi connectivity index (χ1v) is 9.56. The molecule has 3 rings (SSSR count). The zero-order valence-electron chi connectivity index (χ0n) is 13.0. The van der Waals surface area contributed by atoms with Crippen molar-refractivity contribution in [3.8, 4) is 5.75 Å². The molecule has 1 aromatic carbocycles. The standard InChI is InChI=1S/C14H16BrNO9S/c15-6-1-2-8-7(3-6)9(4-16-8)24-14-13(19)12(18)11(17)10(25-14)5-23-26(20,21)22/h1-4,10-14,16-19H,5H2,(H,20,21,22)/t10?,11-,12+,13+,14+/m0/s1. The Morgan fingerprint density at radius 3 is 2.62 bits per heavy atom. The van der Waals surface area contributed by atoms with Crippen LogP contribution in [0.2, 0.25) is 0 Å². The molecule has 12 heteroatoms. The number of aromatic amines is 1. The number of fused-ring (bicyclic) bond motifs is 1. The molecule has 0 spiro atoms. The van der Waals surface area contributed by atoms with Crippen LogP contribution in [-0.4, -0.2) is 70.6 Å². The van der Waals surface area contributed by atoms with Crippen molar-refractivity contribution in [2.24, 2.45) is 0 Å². The highest BCUT2D eigenvalue weighted by Crippen LogP contribution is 2.31. The number of nitrogens with one attached hydrogen (secondary N) is 1. The zero-order valence-corrected chi connectivity index (χ0v) is 15.4. The van der Waals surface area contributed by atoms with E-state index < -0.39 is 47.7 Å². The molecule has 0 bridgehead atoms. The van der Waals surface area contributed by atoms with Crippen LogP contribution in [0.5, 0.6) is 5.75 Å². The highest BCUT2D eigenvalue weighted by atomic mass is 79.9. The lowest BCUT2D eigenvalue weighted by Gasteiger charge is -2.39. The first-order valence-electron chi connectivity index (χ1n) is 7.40. The van der Waals surface area contributed by atoms with Crippen LogP contribution >= 0.6 is 15.9 Å². The summed E-state index contributed by atoms with van der Waals surface area (Å²) >= 11 is 3.33. The summed E-state index contributed by atoms with van der Waals surface area (Å²) in [6, 6.07) is 5.38. The van der Waals surface area contributed by atoms with Gasteiger partial charge < -0.3 is 29.8 Å². The number of ether oxygens (including phenoxy) is 2. The zero-order chi connectivity index (χ0) is 19.1. The molecule has 1 fully saturated rings. The van der Waals surface area contributed by atoms with Crippen molar-refractivity contribution in [1.29, 1.82) is 0 Å². The molecule has 1 saturated heterocycles. The highest BCUT2D eigenvalue weighted by molar-refractivity contribution is 9.10. The molecule has 5 atom stereocenters. The van der Waals surface area contributed by atoms with Crippen molar-refractivity contribution >= 4 is 37.2 Å². The van der Waals surface area contributed by atoms with Crippen LogP contribution in [0.3, 0.4) is 0 Å². The van der Waals surface area contributed by atoms with Crippen LogP contribution in [-0.2, 0) is 19.3 Å². The number of aromatic nitrogens is 1. The first kappa shape index (κ1) is 19.5. The van der Waals surface area contributed by atoms with Gasteiger partial charge >= 0.3 is 10.4 Å². The summed E-state index contributed by atoms with van der Waals surface area (Å²) < 4.78 is 45.9. The molecule has 2 aromatic rings. The molecule has 0 saturated carbocycles. The van der Waals surface area contributed by atoms with E-state index in [0.29, 0.717) is 11.1 Å². The predicted octanol–water partition coefficient (Wildman–Crippen LogP) is -0.0638. The normalized spacial score (nSPS) is 29.8. The second-order valence-corrected chi connectivity index (χ2v) is 7.69. The van der Waals surface area contributed by atoms with E-state index in [1.165, 1.54) is 6.20 Å². The van der Waals surface area contributed by atoms with Gasteiger partial charge in [-0.15, -0.1) is 0 Å². The quantitative estimate of drug-likeness (QED) is 0.390. The Balaban J connectivity index is 1.80. The fraction of sp³-hybridized carbons (Fsp3) is 0.429. The molecule has 2 heterocycles. The van der Waals surface area contributed by atoms with Gasteiger partial charge in [0.2, 0.25) is 6.29 Å². The van der Waals surface area contributed by atoms with Crippen LogP contribution in [0.15, 0.2) is 28.9 Å². The van der Waals surface area contributed by atoms with Crippen molar-refractivity contribution in [1.82, 2.24) is 4.98 Å². The van der Waals surface area contributed by atoms with Crippen LogP contribution in [0.1, 0.15) is 0 Å². The maximum Gasteiger partial charge on any atom is 0.397 e. The lowest BCUT2D eigenvalue weighted by atomic mass is 9.99. The van der Waals surface area contributed by atoms with Gasteiger partial charge in [0.25, 0.3) is 0 Å². The number of aliphatic hydroxyl groups excluding tert-OH is 3. The summed E-state index contributed by atoms with van der Waals surface area (Å²) in [7, 11) is -4.77. The van der Waals surface area contributed by atoms with E-state index in [2.05, 4.69) is 25.1 Å². The minimum atomic E-state index is -4.77. The Hall–Kier alpha value is -1.25. The SMILES string of the molecule is O=S(=O)(O)OCC1O[C@@H](Oc2c[nH]c3ccc(Br)cc23)[C@H](O)[C@H](O)[C@H]1O. The van der Waals surface area contributed by atoms with E-state index in [-0.39, 0.29) is 0 Å². The molecular weight excluding hydrogens is 438 g/mol. The van der Waals surface area contributed by atoms with Crippen molar-refractivity contribution in [2.75, 3.05) is 6.61 Å². The maximum absolute atomic E-state index is 10.7. The summed E-state index contributed by atoms with van der Waals surface area (Å²) in [5.41, 5.74) is 0.750. The maximum atomic E-state index is 10.7. The largest absolute Gasteiger partial charge is 0.460 e. The van der Waals surface area contributed by atoms with Crippen molar-refractivity contribution in [3.05, 3.63) is 28.9 Å². The van der Waals surface area contributed by atoms with Crippen LogP contribution < -0.4 is 4.74 Å². The second-order valence-electron chi connectivity index (χ2n) is 5.69. The lowest BCUT2D eigenvalue weighted by molar-refractivity contribution is -0.276. The smallest absolute Gasteiger partial charge is 0.397 e. The van der Waals surface area contributed by atoms with Gasteiger partial charge in [0, 0.05) is 21.6 Å². The van der Waals surface area contributed by atoms with Crippen LogP contribution in [0.25, 0.3) is 10.9 Å². The van der Waals surface area contributed by atoms with E-state index >= 15 is 0 Å². The molecule has 144 valence electrons. The summed E-state index contributed by atoms with van der Waals surface area (Å²) in [5, 5.41) is 30.6. The van der Waals surface area contributed by atoms with Gasteiger partial charge in [-0.3, -0.25) is 4.55 Å². The fourth-order valence-corrected chi connectivity index (χ4v) is 3.26. The van der Waals surface area contributed by atoms with E-state index in [1.807, 2.05) is 6.07 Å². The van der Waals surface area contributed by atoms with E-state index in [1.54, 1.807) is 12.1 Å². The summed E-state index contributed by atoms with van der Waals surface area (Å²) in [6.45, 7) is -0.775. The molecular formula is C14H16BrNO9S. The average Bonchev–Trinajstić information content (AvgIpc) is 2.95. The third kappa shape index (κ3) is 4.18. The van der Waals surface area contributed by atoms with E-state index in [9.17, 15) is 23.7 Å². The molecule has 10 nitrogen and oxygen atoms in total. The molecule has 1 aromatic heterocycles. The summed E-state index contributed by atoms with van der Waals surface area (Å²) in [5.74, 6) is 0.309. The minimum absolute atomic E-state index is 0.309. The van der Waals surface area contributed by atoms with Crippen molar-refractivity contribution in [2.45, 2.75) is 30.7 Å². The van der Waals surface area contributed by atoms with Gasteiger partial charge in [-0.05, 0) is 18.2 Å². The Morgan fingerprint density at radius 1 is 1.19 bits per heavy atom. The van der Waals surface area contributed by atoms with E-state index in [0.717, 1.165) is 9.99 Å². The molecule has 5 N–H and O–H groups in total. The number of hydrogen-bond donors (Lipinski definition) is 5. The molecule has 1 unspecified atom stereocenters. The second kappa shape index (κ2) is 7.40. The molecule has 1 aliphatic rings. The number of aliphatic hydroxyl groups is 3. The fourth-order valence-electron chi connectivity index (χ4n) is 2.59. The number of hydrogen-bond acceptors (Lipinski definition) is 8. The highest BCUT2D eigenvalue weighted by Gasteiger charge is 2.45. The summed E-state index contributed by atoms with van der Waals surface area (Å²) in [6.07, 6.45) is -6.19. The average molecular weight is 454 g/mol. The molecule has 0 amide bonds. The van der Waals surface area contributed by atoms with Gasteiger partial charge in [0.05, 0.1) is 6.61 Å². The van der Waals surface area contributed by atoms with E-state index in [4.69, 9.17) is 14.0 Å². The van der Waals surface area contributed by atoms with Gasteiger partial charge in [-0.25, -0.2) is 4.18 Å². The van der Waals surface area contributed by atoms with Gasteiger partial charge in [0.15, 0.2) is 0 Å². The number of halogens is 1. The van der Waals surface area contributed by atoms with Crippen molar-refractivity contribution in [3.63, 3.8) is 0 Å². The molecule has 0 radical (unpaired) electrons. The minimum Gasteiger partial charge on any atom is -0.460 e. The van der Waals surface area contributed by atoms with Gasteiger partial charge in [-0.1, -0.05) is 15.9 Å². The Bertz CT molecular complexity index is 886. The Labute approximate surface area is 156 Å². The van der Waals surface area contributed by atoms with Crippen LogP contribution in [0, 0.1) is 0 Å². The van der Waals surface area contributed by atoms with Gasteiger partial charge in [-0.2, -0.15) is 8.42 Å². The summed E-state index contributed by atoms with van der Waals surface area (Å²) in [4.78, 5) is 2.96. The first-order chi connectivity index (χ1) is 12.2. The van der Waals surface area contributed by atoms with Gasteiger partial charge in [0.1, 0.15) is 30.2 Å². The Kier molecular flexibility index (Phi) is 5.55. The molecule has 0 aliphatic carbocycles. The molecule has 1 aliphatic heterocycles. The topological polar surface area (TPSA) is 159 Å². The third-order valence-corrected chi connectivity index (χ3v) is 4.83. The van der Waals surface area contributed by atoms with Crippen molar-refractivity contribution < 1.29 is 41.9 Å². The third-order valence-electron chi connectivity index (χ3n) is 3.90. The number of H-pyrrole nitrogens is 1. The number of benzene rings is 1. The number of rotatable bonds is 5. The van der Waals surface area contributed by atoms with Crippen LogP contribution in [0.4, 0.5) is 0 Å². The lowest BCUT2D eigenvalue weighted by Crippen LogP contribution is -2.60. The molecule has 26 heavy (non-hydrogen) atoms. The monoisotopic (exact) mass is 453 g/mol. The Morgan fingerprint density at radius 2 is 1.92 bits per heavy atom. The predicted molar refractivity (Wildman–Crippen MR) is 90.8 cm³/mol.